The molecule has 5 aromatic carbocycles. The number of aliphatic imine (C=N–C) groups is 3. The largest absolute Gasteiger partial charge is 0.483 e. The monoisotopic (exact) mass is 595 g/mol. The molecule has 0 radical (unpaired) electrons. The van der Waals surface area contributed by atoms with E-state index in [2.05, 4.69) is 139 Å². The lowest BCUT2D eigenvalue weighted by atomic mass is 9.81. The van der Waals surface area contributed by atoms with Gasteiger partial charge in [0, 0.05) is 22.3 Å². The lowest BCUT2D eigenvalue weighted by Gasteiger charge is -2.27. The molecule has 0 aromatic heterocycles. The van der Waals surface area contributed by atoms with Gasteiger partial charge in [-0.1, -0.05) is 115 Å². The molecule has 0 fully saturated rings. The number of benzene rings is 5. The van der Waals surface area contributed by atoms with Crippen molar-refractivity contribution in [1.82, 2.24) is 0 Å². The van der Waals surface area contributed by atoms with Crippen molar-refractivity contribution in [2.75, 3.05) is 0 Å². The Bertz CT molecular complexity index is 2070. The first-order chi connectivity index (χ1) is 22.8. The molecule has 0 amide bonds. The third-order valence-corrected chi connectivity index (χ3v) is 9.10. The zero-order chi connectivity index (χ0) is 30.9. The number of para-hydroxylation sites is 2. The van der Waals surface area contributed by atoms with E-state index in [0.717, 1.165) is 63.7 Å². The molecule has 46 heavy (non-hydrogen) atoms. The minimum absolute atomic E-state index is 0.121. The average Bonchev–Trinajstić information content (AvgIpc) is 3.52. The van der Waals surface area contributed by atoms with Crippen molar-refractivity contribution in [2.24, 2.45) is 15.0 Å². The van der Waals surface area contributed by atoms with Crippen molar-refractivity contribution < 1.29 is 4.74 Å². The maximum absolute atomic E-state index is 6.57. The van der Waals surface area contributed by atoms with E-state index in [1.807, 2.05) is 12.1 Å². The van der Waals surface area contributed by atoms with Crippen LogP contribution in [0.4, 0.5) is 5.69 Å². The molecule has 3 aliphatic rings. The summed E-state index contributed by atoms with van der Waals surface area (Å²) in [5.41, 5.74) is 13.0. The zero-order valence-corrected chi connectivity index (χ0v) is 25.5. The molecule has 0 spiro atoms. The first-order valence-corrected chi connectivity index (χ1v) is 15.9. The van der Waals surface area contributed by atoms with Crippen LogP contribution >= 0.6 is 0 Å². The van der Waals surface area contributed by atoms with Gasteiger partial charge in [0.2, 0.25) is 0 Å². The third-order valence-electron chi connectivity index (χ3n) is 9.10. The van der Waals surface area contributed by atoms with E-state index >= 15 is 0 Å². The van der Waals surface area contributed by atoms with Gasteiger partial charge >= 0.3 is 0 Å². The molecule has 2 aliphatic heterocycles. The summed E-state index contributed by atoms with van der Waals surface area (Å²) in [7, 11) is 0. The summed E-state index contributed by atoms with van der Waals surface area (Å²) in [5, 5.41) is 0. The van der Waals surface area contributed by atoms with E-state index in [9.17, 15) is 0 Å². The summed E-state index contributed by atoms with van der Waals surface area (Å²) in [6.45, 7) is 4.50. The number of allylic oxidation sites excluding steroid dienone is 3. The summed E-state index contributed by atoms with van der Waals surface area (Å²) in [6.07, 6.45) is 5.99. The summed E-state index contributed by atoms with van der Waals surface area (Å²) >= 11 is 0. The molecule has 8 rings (SSSR count). The zero-order valence-electron chi connectivity index (χ0n) is 25.5. The molecule has 4 heteroatoms. The maximum atomic E-state index is 6.57. The van der Waals surface area contributed by atoms with Gasteiger partial charge in [-0.2, -0.15) is 0 Å². The van der Waals surface area contributed by atoms with E-state index < -0.39 is 0 Å². The Morgan fingerprint density at radius 1 is 0.761 bits per heavy atom. The highest BCUT2D eigenvalue weighted by Gasteiger charge is 2.42. The molecule has 0 bridgehead atoms. The molecular weight excluding hydrogens is 562 g/mol. The van der Waals surface area contributed by atoms with Gasteiger partial charge < -0.3 is 4.74 Å². The molecular formula is C42H33N3O. The molecule has 2 atom stereocenters. The summed E-state index contributed by atoms with van der Waals surface area (Å²) in [6, 6.07) is 44.4. The number of hydrogen-bond donors (Lipinski definition) is 0. The summed E-state index contributed by atoms with van der Waals surface area (Å²) in [4.78, 5) is 14.8. The van der Waals surface area contributed by atoms with Gasteiger partial charge in [0.15, 0.2) is 6.10 Å². The van der Waals surface area contributed by atoms with E-state index in [-0.39, 0.29) is 12.0 Å². The number of ether oxygens (including phenoxy) is 1. The highest BCUT2D eigenvalue weighted by molar-refractivity contribution is 6.14. The Kier molecular flexibility index (Phi) is 7.31. The van der Waals surface area contributed by atoms with Gasteiger partial charge in [0.25, 0.3) is 0 Å². The van der Waals surface area contributed by atoms with E-state index in [1.54, 1.807) is 0 Å². The third kappa shape index (κ3) is 5.12. The Labute approximate surface area is 269 Å². The van der Waals surface area contributed by atoms with Gasteiger partial charge in [-0.05, 0) is 66.1 Å². The van der Waals surface area contributed by atoms with Crippen LogP contribution in [0.3, 0.4) is 0 Å². The van der Waals surface area contributed by atoms with Crippen LogP contribution in [0.2, 0.25) is 0 Å². The van der Waals surface area contributed by atoms with Crippen LogP contribution in [-0.2, 0) is 6.54 Å². The van der Waals surface area contributed by atoms with Crippen LogP contribution in [-0.4, -0.2) is 24.2 Å². The first-order valence-electron chi connectivity index (χ1n) is 15.9. The molecule has 0 N–H and O–H groups in total. The Balaban J connectivity index is 1.10. The topological polar surface area (TPSA) is 46.3 Å². The minimum atomic E-state index is -0.167. The molecule has 2 unspecified atom stereocenters. The van der Waals surface area contributed by atoms with Crippen molar-refractivity contribution in [2.45, 2.75) is 31.4 Å². The predicted molar refractivity (Wildman–Crippen MR) is 190 cm³/mol. The number of fused-ring (bicyclic) bond motifs is 5. The maximum Gasteiger partial charge on any atom is 0.152 e. The summed E-state index contributed by atoms with van der Waals surface area (Å²) < 4.78 is 6.57. The van der Waals surface area contributed by atoms with Crippen molar-refractivity contribution in [3.05, 3.63) is 173 Å². The highest BCUT2D eigenvalue weighted by Crippen LogP contribution is 2.48. The predicted octanol–water partition coefficient (Wildman–Crippen LogP) is 9.78. The minimum Gasteiger partial charge on any atom is -0.483 e. The van der Waals surface area contributed by atoms with Gasteiger partial charge in [-0.25, -0.2) is 4.99 Å². The Morgan fingerprint density at radius 2 is 1.50 bits per heavy atom. The number of rotatable bonds is 6. The van der Waals surface area contributed by atoms with Crippen molar-refractivity contribution in [3.8, 4) is 16.9 Å². The molecule has 0 saturated carbocycles. The first kappa shape index (κ1) is 27.9. The number of nitrogens with zero attached hydrogens (tertiary/aromatic N) is 3. The van der Waals surface area contributed by atoms with Crippen molar-refractivity contribution in [1.29, 1.82) is 0 Å². The van der Waals surface area contributed by atoms with Gasteiger partial charge in [0.05, 0.1) is 35.3 Å². The van der Waals surface area contributed by atoms with E-state index in [4.69, 9.17) is 14.7 Å². The fourth-order valence-corrected chi connectivity index (χ4v) is 6.89. The van der Waals surface area contributed by atoms with Gasteiger partial charge in [-0.15, -0.1) is 0 Å². The average molecular weight is 596 g/mol. The normalized spacial score (nSPS) is 19.8. The standard InChI is InChI=1S/C42H33N3O/c1-43-40(31-24-22-30(23-25-31)29-13-3-2-4-14-29)34-17-6-8-19-36(34)44-27-28-12-11-15-32(26-28)41-42-39(33-16-5-9-20-37(33)45-41)35-18-7-10-21-38(35)46-42/h2-5,7-16,18-26,39,42H,1,6,17,27H2/b40-34-,44-36-. The fourth-order valence-electron chi connectivity index (χ4n) is 6.89. The summed E-state index contributed by atoms with van der Waals surface area (Å²) in [5.74, 6) is 1.06. The molecule has 0 saturated heterocycles. The number of hydrogen-bond acceptors (Lipinski definition) is 4. The smallest absolute Gasteiger partial charge is 0.152 e. The van der Waals surface area contributed by atoms with Crippen LogP contribution < -0.4 is 4.74 Å². The molecule has 5 aromatic rings. The van der Waals surface area contributed by atoms with Crippen LogP contribution in [0.1, 0.15) is 46.6 Å². The lowest BCUT2D eigenvalue weighted by molar-refractivity contribution is 0.285. The quantitative estimate of drug-likeness (QED) is 0.180. The molecule has 222 valence electrons. The molecule has 2 heterocycles. The second-order valence-corrected chi connectivity index (χ2v) is 11.9. The van der Waals surface area contributed by atoms with Gasteiger partial charge in [-0.3, -0.25) is 9.98 Å². The SMILES string of the molecule is C=N/C(=C1/CCC=C/C1=N/Cc1cccc(C2=Nc3ccccc3C3c4ccccc4OC23)c1)c1ccc(-c2ccccc2)cc1. The highest BCUT2D eigenvalue weighted by atomic mass is 16.5. The van der Waals surface area contributed by atoms with E-state index in [1.165, 1.54) is 22.3 Å². The lowest BCUT2D eigenvalue weighted by Crippen LogP contribution is -2.33. The fraction of sp³-hybridized carbons (Fsp3) is 0.119. The van der Waals surface area contributed by atoms with Crippen LogP contribution in [0.5, 0.6) is 5.75 Å². The van der Waals surface area contributed by atoms with Gasteiger partial charge in [0.1, 0.15) is 5.75 Å². The second-order valence-electron chi connectivity index (χ2n) is 11.9. The van der Waals surface area contributed by atoms with Crippen molar-refractivity contribution >= 4 is 29.5 Å². The molecule has 1 aliphatic carbocycles. The Morgan fingerprint density at radius 3 is 2.35 bits per heavy atom. The van der Waals surface area contributed by atoms with Crippen LogP contribution in [0, 0.1) is 0 Å². The molecule has 4 nitrogen and oxygen atoms in total. The second kappa shape index (κ2) is 12.1. The van der Waals surface area contributed by atoms with Crippen molar-refractivity contribution in [3.63, 3.8) is 0 Å². The Hall–Kier alpha value is -5.61. The van der Waals surface area contributed by atoms with E-state index in [0.29, 0.717) is 6.54 Å². The van der Waals surface area contributed by atoms with Crippen LogP contribution in [0.15, 0.2) is 160 Å². The van der Waals surface area contributed by atoms with Crippen LogP contribution in [0.25, 0.3) is 16.8 Å².